The Morgan fingerprint density at radius 3 is 2.69 bits per heavy atom. The monoisotopic (exact) mass is 317 g/mol. The van der Waals surface area contributed by atoms with Crippen molar-refractivity contribution in [2.45, 2.75) is 12.5 Å². The SMILES string of the molecule is ClCc1csc(COc2ccc(Br)cc2)n1. The second-order valence-corrected chi connectivity index (χ2v) is 5.23. The Kier molecular flexibility index (Phi) is 4.21. The summed E-state index contributed by atoms with van der Waals surface area (Å²) in [5, 5.41) is 2.89. The van der Waals surface area contributed by atoms with Crippen LogP contribution in [0.1, 0.15) is 10.7 Å². The van der Waals surface area contributed by atoms with Crippen LogP contribution in [0.5, 0.6) is 5.75 Å². The van der Waals surface area contributed by atoms with Gasteiger partial charge in [0.2, 0.25) is 0 Å². The lowest BCUT2D eigenvalue weighted by Crippen LogP contribution is -1.94. The van der Waals surface area contributed by atoms with Crippen LogP contribution in [-0.2, 0) is 12.5 Å². The molecule has 0 saturated heterocycles. The summed E-state index contributed by atoms with van der Waals surface area (Å²) in [6.07, 6.45) is 0. The van der Waals surface area contributed by atoms with E-state index in [1.165, 1.54) is 0 Å². The predicted octanol–water partition coefficient (Wildman–Crippen LogP) is 4.22. The molecule has 0 N–H and O–H groups in total. The van der Waals surface area contributed by atoms with E-state index < -0.39 is 0 Å². The number of aromatic nitrogens is 1. The quantitative estimate of drug-likeness (QED) is 0.787. The molecule has 1 heterocycles. The molecule has 0 amide bonds. The van der Waals surface area contributed by atoms with Crippen molar-refractivity contribution >= 4 is 38.9 Å². The highest BCUT2D eigenvalue weighted by Crippen LogP contribution is 2.18. The van der Waals surface area contributed by atoms with E-state index in [1.807, 2.05) is 29.6 Å². The van der Waals surface area contributed by atoms with Crippen molar-refractivity contribution in [1.82, 2.24) is 4.98 Å². The molecule has 5 heteroatoms. The zero-order valence-corrected chi connectivity index (χ0v) is 11.5. The maximum atomic E-state index is 5.67. The third-order valence-electron chi connectivity index (χ3n) is 1.91. The fourth-order valence-corrected chi connectivity index (χ4v) is 2.35. The van der Waals surface area contributed by atoms with Gasteiger partial charge in [0.05, 0.1) is 11.6 Å². The highest BCUT2D eigenvalue weighted by Gasteiger charge is 2.02. The molecule has 0 spiro atoms. The first kappa shape index (κ1) is 11.9. The molecule has 0 atom stereocenters. The molecule has 1 aromatic heterocycles. The van der Waals surface area contributed by atoms with E-state index in [1.54, 1.807) is 11.3 Å². The van der Waals surface area contributed by atoms with Gasteiger partial charge in [-0.25, -0.2) is 4.98 Å². The van der Waals surface area contributed by atoms with Gasteiger partial charge in [0.1, 0.15) is 17.4 Å². The van der Waals surface area contributed by atoms with E-state index in [0.29, 0.717) is 12.5 Å². The summed E-state index contributed by atoms with van der Waals surface area (Å²) < 4.78 is 6.63. The van der Waals surface area contributed by atoms with Gasteiger partial charge in [0, 0.05) is 9.85 Å². The van der Waals surface area contributed by atoms with E-state index in [-0.39, 0.29) is 0 Å². The summed E-state index contributed by atoms with van der Waals surface area (Å²) in [6.45, 7) is 0.489. The molecular weight excluding hydrogens is 310 g/mol. The van der Waals surface area contributed by atoms with E-state index in [2.05, 4.69) is 20.9 Å². The second-order valence-electron chi connectivity index (χ2n) is 3.11. The van der Waals surface area contributed by atoms with Crippen LogP contribution in [0.2, 0.25) is 0 Å². The Bertz CT molecular complexity index is 457. The van der Waals surface area contributed by atoms with Gasteiger partial charge >= 0.3 is 0 Å². The molecule has 0 aliphatic rings. The van der Waals surface area contributed by atoms with Crippen LogP contribution in [0.25, 0.3) is 0 Å². The van der Waals surface area contributed by atoms with Crippen molar-refractivity contribution in [2.75, 3.05) is 0 Å². The predicted molar refractivity (Wildman–Crippen MR) is 70.1 cm³/mol. The molecule has 2 nitrogen and oxygen atoms in total. The number of hydrogen-bond donors (Lipinski definition) is 0. The summed E-state index contributed by atoms with van der Waals surface area (Å²) >= 11 is 10.6. The third kappa shape index (κ3) is 3.20. The molecule has 16 heavy (non-hydrogen) atoms. The van der Waals surface area contributed by atoms with E-state index in [4.69, 9.17) is 16.3 Å². The van der Waals surface area contributed by atoms with Crippen molar-refractivity contribution in [3.05, 3.63) is 44.8 Å². The van der Waals surface area contributed by atoms with Gasteiger partial charge in [-0.3, -0.25) is 0 Å². The number of rotatable bonds is 4. The number of benzene rings is 1. The topological polar surface area (TPSA) is 22.1 Å². The van der Waals surface area contributed by atoms with Crippen LogP contribution in [0, 0.1) is 0 Å². The van der Waals surface area contributed by atoms with Gasteiger partial charge in [-0.2, -0.15) is 0 Å². The summed E-state index contributed by atoms with van der Waals surface area (Å²) in [7, 11) is 0. The number of thiazole rings is 1. The standard InChI is InChI=1S/C11H9BrClNOS/c12-8-1-3-10(4-2-8)15-6-11-14-9(5-13)7-16-11/h1-4,7H,5-6H2. The van der Waals surface area contributed by atoms with Gasteiger partial charge in [0.25, 0.3) is 0 Å². The fraction of sp³-hybridized carbons (Fsp3) is 0.182. The van der Waals surface area contributed by atoms with Crippen molar-refractivity contribution in [3.63, 3.8) is 0 Å². The van der Waals surface area contributed by atoms with Crippen molar-refractivity contribution in [3.8, 4) is 5.75 Å². The molecule has 2 aromatic rings. The van der Waals surface area contributed by atoms with E-state index in [0.717, 1.165) is 20.9 Å². The fourth-order valence-electron chi connectivity index (χ4n) is 1.15. The number of halogens is 2. The van der Waals surface area contributed by atoms with Gasteiger partial charge in [0.15, 0.2) is 0 Å². The van der Waals surface area contributed by atoms with E-state index >= 15 is 0 Å². The zero-order valence-electron chi connectivity index (χ0n) is 8.32. The van der Waals surface area contributed by atoms with Crippen LogP contribution < -0.4 is 4.74 Å². The third-order valence-corrected chi connectivity index (χ3v) is 3.59. The Hall–Kier alpha value is -0.580. The van der Waals surface area contributed by atoms with Crippen LogP contribution in [-0.4, -0.2) is 4.98 Å². The summed E-state index contributed by atoms with van der Waals surface area (Å²) in [5.41, 5.74) is 0.904. The van der Waals surface area contributed by atoms with Crippen molar-refractivity contribution < 1.29 is 4.74 Å². The Morgan fingerprint density at radius 1 is 1.31 bits per heavy atom. The Balaban J connectivity index is 1.94. The normalized spacial score (nSPS) is 10.4. The highest BCUT2D eigenvalue weighted by atomic mass is 79.9. The molecule has 1 aromatic carbocycles. The molecule has 0 radical (unpaired) electrons. The molecule has 2 rings (SSSR count). The van der Waals surface area contributed by atoms with Gasteiger partial charge in [-0.1, -0.05) is 15.9 Å². The number of alkyl halides is 1. The molecule has 84 valence electrons. The zero-order chi connectivity index (χ0) is 11.4. The van der Waals surface area contributed by atoms with Gasteiger partial charge < -0.3 is 4.74 Å². The van der Waals surface area contributed by atoms with Gasteiger partial charge in [-0.05, 0) is 24.3 Å². The lowest BCUT2D eigenvalue weighted by Gasteiger charge is -2.03. The summed E-state index contributed by atoms with van der Waals surface area (Å²) in [5.74, 6) is 1.29. The lowest BCUT2D eigenvalue weighted by molar-refractivity contribution is 0.305. The number of hydrogen-bond acceptors (Lipinski definition) is 3. The maximum absolute atomic E-state index is 5.67. The van der Waals surface area contributed by atoms with Crippen molar-refractivity contribution in [1.29, 1.82) is 0 Å². The van der Waals surface area contributed by atoms with Crippen LogP contribution in [0.15, 0.2) is 34.1 Å². The maximum Gasteiger partial charge on any atom is 0.140 e. The number of nitrogens with zero attached hydrogens (tertiary/aromatic N) is 1. The minimum absolute atomic E-state index is 0.453. The van der Waals surface area contributed by atoms with Crippen LogP contribution >= 0.6 is 38.9 Å². The second kappa shape index (κ2) is 5.66. The highest BCUT2D eigenvalue weighted by molar-refractivity contribution is 9.10. The molecule has 0 saturated carbocycles. The number of ether oxygens (including phenoxy) is 1. The molecule has 0 aliphatic carbocycles. The largest absolute Gasteiger partial charge is 0.486 e. The van der Waals surface area contributed by atoms with Crippen molar-refractivity contribution in [2.24, 2.45) is 0 Å². The smallest absolute Gasteiger partial charge is 0.140 e. The first-order valence-corrected chi connectivity index (χ1v) is 6.86. The van der Waals surface area contributed by atoms with Crippen LogP contribution in [0.3, 0.4) is 0 Å². The van der Waals surface area contributed by atoms with Crippen LogP contribution in [0.4, 0.5) is 0 Å². The molecule has 0 bridgehead atoms. The first-order valence-electron chi connectivity index (χ1n) is 4.65. The minimum atomic E-state index is 0.453. The molecule has 0 unspecified atom stereocenters. The molecule has 0 aliphatic heterocycles. The minimum Gasteiger partial charge on any atom is -0.486 e. The Morgan fingerprint density at radius 2 is 2.06 bits per heavy atom. The van der Waals surface area contributed by atoms with E-state index in [9.17, 15) is 0 Å². The summed E-state index contributed by atoms with van der Waals surface area (Å²) in [6, 6.07) is 7.73. The molecule has 0 fully saturated rings. The Labute approximate surface area is 111 Å². The van der Waals surface area contributed by atoms with Gasteiger partial charge in [-0.15, -0.1) is 22.9 Å². The summed E-state index contributed by atoms with van der Waals surface area (Å²) in [4.78, 5) is 4.31. The average Bonchev–Trinajstić information content (AvgIpc) is 2.76. The molecular formula is C11H9BrClNOS. The first-order chi connectivity index (χ1) is 7.78. The average molecular weight is 319 g/mol. The lowest BCUT2D eigenvalue weighted by atomic mass is 10.3.